The zero-order valence-corrected chi connectivity index (χ0v) is 12.1. The van der Waals surface area contributed by atoms with Gasteiger partial charge in [0.15, 0.2) is 0 Å². The highest BCUT2D eigenvalue weighted by molar-refractivity contribution is 5.47. The normalized spacial score (nSPS) is 12.0. The molecule has 106 valence electrons. The summed E-state index contributed by atoms with van der Waals surface area (Å²) in [4.78, 5) is 8.15. The van der Waals surface area contributed by atoms with Crippen LogP contribution >= 0.6 is 0 Å². The number of benzene rings is 1. The zero-order chi connectivity index (χ0) is 14.5. The minimum atomic E-state index is 0.504. The molecule has 0 aliphatic rings. The van der Waals surface area contributed by atoms with Gasteiger partial charge in [0, 0.05) is 0 Å². The van der Waals surface area contributed by atoms with Gasteiger partial charge in [0.05, 0.1) is 5.56 Å². The lowest BCUT2D eigenvalue weighted by atomic mass is 9.99. The third kappa shape index (κ3) is 3.05. The Bertz CT molecular complexity index is 569. The Balaban J connectivity index is 2.18. The van der Waals surface area contributed by atoms with E-state index in [0.717, 1.165) is 17.7 Å². The lowest BCUT2D eigenvalue weighted by molar-refractivity contribution is 0.457. The zero-order valence-electron chi connectivity index (χ0n) is 12.1. The van der Waals surface area contributed by atoms with Crippen LogP contribution in [0.25, 0.3) is 0 Å². The van der Waals surface area contributed by atoms with Gasteiger partial charge in [-0.3, -0.25) is 0 Å². The number of hydrogen-bond acceptors (Lipinski definition) is 5. The van der Waals surface area contributed by atoms with Gasteiger partial charge in [-0.05, 0) is 37.0 Å². The Morgan fingerprint density at radius 2 is 1.95 bits per heavy atom. The largest absolute Gasteiger partial charge is 0.439 e. The maximum absolute atomic E-state index is 5.77. The molecule has 0 aliphatic carbocycles. The smallest absolute Gasteiger partial charge is 0.227 e. The quantitative estimate of drug-likeness (QED) is 0.645. The van der Waals surface area contributed by atoms with Crippen LogP contribution in [0.5, 0.6) is 11.6 Å². The van der Waals surface area contributed by atoms with Gasteiger partial charge in [-0.1, -0.05) is 26.0 Å². The summed E-state index contributed by atoms with van der Waals surface area (Å²) in [7, 11) is 0. The highest BCUT2D eigenvalue weighted by Gasteiger charge is 2.09. The number of nitrogens with zero attached hydrogens (tertiary/aromatic N) is 2. The molecule has 1 aromatic carbocycles. The fourth-order valence-electron chi connectivity index (χ4n) is 1.89. The number of anilines is 1. The van der Waals surface area contributed by atoms with Crippen molar-refractivity contribution in [1.29, 1.82) is 0 Å². The summed E-state index contributed by atoms with van der Waals surface area (Å²) in [5, 5.41) is 0. The molecule has 0 radical (unpaired) electrons. The SMILES string of the molecule is CCC(C)c1ccc(Oc2ncnc(NN)c2C)cc1. The molecule has 0 bridgehead atoms. The first kappa shape index (κ1) is 14.3. The molecule has 0 fully saturated rings. The highest BCUT2D eigenvalue weighted by atomic mass is 16.5. The first-order valence-electron chi connectivity index (χ1n) is 6.71. The van der Waals surface area contributed by atoms with Crippen LogP contribution in [0.2, 0.25) is 0 Å². The summed E-state index contributed by atoms with van der Waals surface area (Å²) in [5.74, 6) is 7.76. The second-order valence-electron chi connectivity index (χ2n) is 4.78. The van der Waals surface area contributed by atoms with Gasteiger partial charge in [-0.2, -0.15) is 0 Å². The van der Waals surface area contributed by atoms with Crippen molar-refractivity contribution in [2.24, 2.45) is 5.84 Å². The average Bonchev–Trinajstić information content (AvgIpc) is 2.49. The fourth-order valence-corrected chi connectivity index (χ4v) is 1.89. The van der Waals surface area contributed by atoms with Gasteiger partial charge >= 0.3 is 0 Å². The second kappa shape index (κ2) is 6.34. The molecule has 3 N–H and O–H groups in total. The van der Waals surface area contributed by atoms with Crippen molar-refractivity contribution in [2.45, 2.75) is 33.1 Å². The molecule has 0 saturated carbocycles. The molecule has 2 aromatic rings. The summed E-state index contributed by atoms with van der Waals surface area (Å²) in [6.45, 7) is 6.25. The van der Waals surface area contributed by atoms with E-state index in [0.29, 0.717) is 17.6 Å². The summed E-state index contributed by atoms with van der Waals surface area (Å²) in [6.07, 6.45) is 2.54. The summed E-state index contributed by atoms with van der Waals surface area (Å²) < 4.78 is 5.77. The third-order valence-corrected chi connectivity index (χ3v) is 3.45. The van der Waals surface area contributed by atoms with E-state index in [9.17, 15) is 0 Å². The molecule has 1 unspecified atom stereocenters. The lowest BCUT2D eigenvalue weighted by Gasteiger charge is -2.12. The van der Waals surface area contributed by atoms with Crippen molar-refractivity contribution >= 4 is 5.82 Å². The molecule has 0 amide bonds. The van der Waals surface area contributed by atoms with Gasteiger partial charge in [-0.25, -0.2) is 15.8 Å². The first-order chi connectivity index (χ1) is 9.65. The van der Waals surface area contributed by atoms with Crippen molar-refractivity contribution in [2.75, 3.05) is 5.43 Å². The topological polar surface area (TPSA) is 73.1 Å². The Hall–Kier alpha value is -2.14. The van der Waals surface area contributed by atoms with Gasteiger partial charge in [0.1, 0.15) is 17.9 Å². The number of nitrogens with two attached hydrogens (primary N) is 1. The molecule has 1 aromatic heterocycles. The molecule has 20 heavy (non-hydrogen) atoms. The fraction of sp³-hybridized carbons (Fsp3) is 0.333. The van der Waals surface area contributed by atoms with E-state index in [4.69, 9.17) is 10.6 Å². The lowest BCUT2D eigenvalue weighted by Crippen LogP contribution is -2.11. The first-order valence-corrected chi connectivity index (χ1v) is 6.71. The molecular weight excluding hydrogens is 252 g/mol. The number of aromatic nitrogens is 2. The average molecular weight is 272 g/mol. The molecule has 5 heteroatoms. The molecule has 2 rings (SSSR count). The van der Waals surface area contributed by atoms with Crippen LogP contribution in [0.1, 0.15) is 37.3 Å². The van der Waals surface area contributed by atoms with Crippen molar-refractivity contribution in [1.82, 2.24) is 9.97 Å². The van der Waals surface area contributed by atoms with Crippen molar-refractivity contribution < 1.29 is 4.74 Å². The van der Waals surface area contributed by atoms with Crippen LogP contribution in [-0.4, -0.2) is 9.97 Å². The Kier molecular flexibility index (Phi) is 4.53. The highest BCUT2D eigenvalue weighted by Crippen LogP contribution is 2.27. The Labute approximate surface area is 119 Å². The van der Waals surface area contributed by atoms with E-state index >= 15 is 0 Å². The minimum Gasteiger partial charge on any atom is -0.439 e. The standard InChI is InChI=1S/C15H20N4O/c1-4-10(2)12-5-7-13(8-6-12)20-15-11(3)14(19-16)17-9-18-15/h5-10H,4,16H2,1-3H3,(H,17,18,19). The molecule has 1 atom stereocenters. The summed E-state index contributed by atoms with van der Waals surface area (Å²) in [6, 6.07) is 8.08. The van der Waals surface area contributed by atoms with Crippen LogP contribution in [0.4, 0.5) is 5.82 Å². The van der Waals surface area contributed by atoms with Crippen LogP contribution in [0.3, 0.4) is 0 Å². The van der Waals surface area contributed by atoms with E-state index < -0.39 is 0 Å². The maximum atomic E-state index is 5.77. The van der Waals surface area contributed by atoms with E-state index in [-0.39, 0.29) is 0 Å². The summed E-state index contributed by atoms with van der Waals surface area (Å²) in [5.41, 5.74) is 4.61. The monoisotopic (exact) mass is 272 g/mol. The second-order valence-corrected chi connectivity index (χ2v) is 4.78. The van der Waals surface area contributed by atoms with Crippen molar-refractivity contribution in [3.8, 4) is 11.6 Å². The summed E-state index contributed by atoms with van der Waals surface area (Å²) >= 11 is 0. The molecule has 5 nitrogen and oxygen atoms in total. The number of nitrogen functional groups attached to an aromatic ring is 1. The van der Waals surface area contributed by atoms with E-state index in [2.05, 4.69) is 41.4 Å². The third-order valence-electron chi connectivity index (χ3n) is 3.45. The predicted octanol–water partition coefficient (Wildman–Crippen LogP) is 3.38. The number of ether oxygens (including phenoxy) is 1. The van der Waals surface area contributed by atoms with Crippen LogP contribution in [-0.2, 0) is 0 Å². The van der Waals surface area contributed by atoms with E-state index in [1.54, 1.807) is 0 Å². The van der Waals surface area contributed by atoms with Gasteiger partial charge in [-0.15, -0.1) is 0 Å². The Morgan fingerprint density at radius 3 is 2.55 bits per heavy atom. The number of rotatable bonds is 5. The molecule has 0 aliphatic heterocycles. The number of hydrogen-bond donors (Lipinski definition) is 2. The molecule has 1 heterocycles. The molecule has 0 spiro atoms. The minimum absolute atomic E-state index is 0.504. The number of nitrogens with one attached hydrogen (secondary N) is 1. The predicted molar refractivity (Wildman–Crippen MR) is 79.8 cm³/mol. The van der Waals surface area contributed by atoms with Crippen LogP contribution < -0.4 is 16.0 Å². The van der Waals surface area contributed by atoms with Gasteiger partial charge in [0.25, 0.3) is 0 Å². The van der Waals surface area contributed by atoms with Crippen molar-refractivity contribution in [3.63, 3.8) is 0 Å². The maximum Gasteiger partial charge on any atom is 0.227 e. The van der Waals surface area contributed by atoms with Crippen molar-refractivity contribution in [3.05, 3.63) is 41.7 Å². The Morgan fingerprint density at radius 1 is 1.25 bits per heavy atom. The van der Waals surface area contributed by atoms with Crippen LogP contribution in [0, 0.1) is 6.92 Å². The van der Waals surface area contributed by atoms with E-state index in [1.807, 2.05) is 19.1 Å². The van der Waals surface area contributed by atoms with Gasteiger partial charge < -0.3 is 10.2 Å². The van der Waals surface area contributed by atoms with Gasteiger partial charge in [0.2, 0.25) is 5.88 Å². The number of hydrazine groups is 1. The molecular formula is C15H20N4O. The molecule has 0 saturated heterocycles. The van der Waals surface area contributed by atoms with E-state index in [1.165, 1.54) is 11.9 Å². The van der Waals surface area contributed by atoms with Crippen LogP contribution in [0.15, 0.2) is 30.6 Å².